The number of carbonyl (C=O) groups is 1. The summed E-state index contributed by atoms with van der Waals surface area (Å²) in [5.41, 5.74) is 2.55. The van der Waals surface area contributed by atoms with Gasteiger partial charge in [0.15, 0.2) is 0 Å². The first kappa shape index (κ1) is 14.1. The number of carbonyl (C=O) groups excluding carboxylic acids is 1. The van der Waals surface area contributed by atoms with Crippen LogP contribution in [0.1, 0.15) is 41.7 Å². The predicted molar refractivity (Wildman–Crippen MR) is 80.6 cm³/mol. The van der Waals surface area contributed by atoms with Gasteiger partial charge in [-0.05, 0) is 38.1 Å². The van der Waals surface area contributed by atoms with Crippen LogP contribution in [0, 0.1) is 0 Å². The highest BCUT2D eigenvalue weighted by molar-refractivity contribution is 5.89. The van der Waals surface area contributed by atoms with Crippen molar-refractivity contribution in [2.75, 3.05) is 26.7 Å². The second kappa shape index (κ2) is 5.85. The summed E-state index contributed by atoms with van der Waals surface area (Å²) in [5, 5.41) is 0. The van der Waals surface area contributed by atoms with Gasteiger partial charge in [0.05, 0.1) is 18.4 Å². The fraction of sp³-hybridized carbons (Fsp3) is 0.500. The Morgan fingerprint density at radius 1 is 1.43 bits per heavy atom. The lowest BCUT2D eigenvalue weighted by Gasteiger charge is -2.30. The summed E-state index contributed by atoms with van der Waals surface area (Å²) in [5.74, 6) is 0.169. The van der Waals surface area contributed by atoms with Crippen LogP contribution in [0.2, 0.25) is 0 Å². The number of hydrogen-bond donors (Lipinski definition) is 0. The van der Waals surface area contributed by atoms with Crippen molar-refractivity contribution < 1.29 is 9.53 Å². The Hall–Kier alpha value is -1.88. The number of likely N-dealkylation sites (N-methyl/N-ethyl adjacent to an activating group) is 1. The summed E-state index contributed by atoms with van der Waals surface area (Å²) < 4.78 is 6.68. The zero-order valence-corrected chi connectivity index (χ0v) is 12.6. The summed E-state index contributed by atoms with van der Waals surface area (Å²) >= 11 is 0. The number of ether oxygens (including phenoxy) is 1. The Bertz CT molecular complexity index is 650. The van der Waals surface area contributed by atoms with Crippen molar-refractivity contribution in [2.24, 2.45) is 0 Å². The van der Waals surface area contributed by atoms with E-state index in [0.29, 0.717) is 11.5 Å². The molecule has 112 valence electrons. The van der Waals surface area contributed by atoms with Gasteiger partial charge in [0.1, 0.15) is 5.65 Å². The maximum Gasteiger partial charge on any atom is 0.339 e. The lowest BCUT2D eigenvalue weighted by atomic mass is 9.95. The molecule has 3 rings (SSSR count). The minimum Gasteiger partial charge on any atom is -0.465 e. The lowest BCUT2D eigenvalue weighted by Crippen LogP contribution is -2.34. The molecule has 0 radical (unpaired) electrons. The molecule has 21 heavy (non-hydrogen) atoms. The molecule has 1 aliphatic heterocycles. The predicted octanol–water partition coefficient (Wildman–Crippen LogP) is 2.32. The van der Waals surface area contributed by atoms with Crippen LogP contribution in [0.4, 0.5) is 0 Å². The van der Waals surface area contributed by atoms with Crippen LogP contribution >= 0.6 is 0 Å². The second-order valence-corrected chi connectivity index (χ2v) is 5.57. The number of piperidine rings is 1. The van der Waals surface area contributed by atoms with Crippen molar-refractivity contribution in [3.8, 4) is 0 Å². The van der Waals surface area contributed by atoms with Gasteiger partial charge in [-0.2, -0.15) is 0 Å². The monoisotopic (exact) mass is 287 g/mol. The van der Waals surface area contributed by atoms with E-state index in [1.165, 1.54) is 26.5 Å². The van der Waals surface area contributed by atoms with Gasteiger partial charge in [0, 0.05) is 24.9 Å². The molecule has 3 heterocycles. The van der Waals surface area contributed by atoms with Gasteiger partial charge in [0.25, 0.3) is 0 Å². The highest BCUT2D eigenvalue weighted by Gasteiger charge is 2.22. The standard InChI is InChI=1S/C16H21N3O2/c1-3-18-8-4-5-12(9-18)14-11-19-10-13(16(20)21-2)6-7-15(19)17-14/h6-7,10-12H,3-5,8-9H2,1-2H3. The topological polar surface area (TPSA) is 46.8 Å². The Kier molecular flexibility index (Phi) is 3.92. The van der Waals surface area contributed by atoms with Gasteiger partial charge in [0.2, 0.25) is 0 Å². The van der Waals surface area contributed by atoms with E-state index >= 15 is 0 Å². The van der Waals surface area contributed by atoms with Crippen molar-refractivity contribution >= 4 is 11.6 Å². The molecule has 0 bridgehead atoms. The quantitative estimate of drug-likeness (QED) is 0.813. The molecule has 0 N–H and O–H groups in total. The van der Waals surface area contributed by atoms with Gasteiger partial charge in [-0.3, -0.25) is 0 Å². The van der Waals surface area contributed by atoms with E-state index in [1.807, 2.05) is 16.7 Å². The van der Waals surface area contributed by atoms with Gasteiger partial charge in [-0.15, -0.1) is 0 Å². The zero-order valence-electron chi connectivity index (χ0n) is 12.6. The third-order valence-electron chi connectivity index (χ3n) is 4.26. The molecule has 0 spiro atoms. The first-order valence-electron chi connectivity index (χ1n) is 7.50. The molecule has 2 aromatic heterocycles. The summed E-state index contributed by atoms with van der Waals surface area (Å²) in [6.07, 6.45) is 6.24. The van der Waals surface area contributed by atoms with Crippen LogP contribution in [0.5, 0.6) is 0 Å². The lowest BCUT2D eigenvalue weighted by molar-refractivity contribution is 0.0600. The summed E-state index contributed by atoms with van der Waals surface area (Å²) in [7, 11) is 1.40. The largest absolute Gasteiger partial charge is 0.465 e. The van der Waals surface area contributed by atoms with E-state index in [-0.39, 0.29) is 5.97 Å². The van der Waals surface area contributed by atoms with Gasteiger partial charge < -0.3 is 14.0 Å². The summed E-state index contributed by atoms with van der Waals surface area (Å²) in [6.45, 7) is 5.56. The number of hydrogen-bond acceptors (Lipinski definition) is 4. The molecule has 0 aromatic carbocycles. The molecular weight excluding hydrogens is 266 g/mol. The van der Waals surface area contributed by atoms with Crippen molar-refractivity contribution in [1.29, 1.82) is 0 Å². The smallest absolute Gasteiger partial charge is 0.339 e. The van der Waals surface area contributed by atoms with Crippen molar-refractivity contribution in [1.82, 2.24) is 14.3 Å². The molecule has 5 nitrogen and oxygen atoms in total. The van der Waals surface area contributed by atoms with E-state index in [1.54, 1.807) is 12.3 Å². The fourth-order valence-corrected chi connectivity index (χ4v) is 3.03. The van der Waals surface area contributed by atoms with Crippen molar-refractivity contribution in [2.45, 2.75) is 25.7 Å². The van der Waals surface area contributed by atoms with Gasteiger partial charge in [-0.25, -0.2) is 9.78 Å². The maximum atomic E-state index is 11.6. The SMILES string of the molecule is CCN1CCCC(c2cn3cc(C(=O)OC)ccc3n2)C1. The number of likely N-dealkylation sites (tertiary alicyclic amines) is 1. The van der Waals surface area contributed by atoms with Crippen LogP contribution in [-0.4, -0.2) is 47.0 Å². The summed E-state index contributed by atoms with van der Waals surface area (Å²) in [4.78, 5) is 18.8. The zero-order chi connectivity index (χ0) is 14.8. The molecule has 0 aliphatic carbocycles. The minimum atomic E-state index is -0.318. The highest BCUT2D eigenvalue weighted by atomic mass is 16.5. The number of aromatic nitrogens is 2. The first-order chi connectivity index (χ1) is 10.2. The Balaban J connectivity index is 1.88. The molecule has 1 saturated heterocycles. The van der Waals surface area contributed by atoms with E-state index in [4.69, 9.17) is 9.72 Å². The second-order valence-electron chi connectivity index (χ2n) is 5.57. The van der Waals surface area contributed by atoms with Crippen LogP contribution in [0.3, 0.4) is 0 Å². The highest BCUT2D eigenvalue weighted by Crippen LogP contribution is 2.26. The van der Waals surface area contributed by atoms with Crippen LogP contribution in [-0.2, 0) is 4.74 Å². The number of nitrogens with zero attached hydrogens (tertiary/aromatic N) is 3. The molecule has 1 atom stereocenters. The number of rotatable bonds is 3. The van der Waals surface area contributed by atoms with Crippen LogP contribution in [0.15, 0.2) is 24.5 Å². The maximum absolute atomic E-state index is 11.6. The molecule has 0 amide bonds. The van der Waals surface area contributed by atoms with Crippen LogP contribution in [0.25, 0.3) is 5.65 Å². The Morgan fingerprint density at radius 2 is 2.29 bits per heavy atom. The van der Waals surface area contributed by atoms with Crippen LogP contribution < -0.4 is 0 Å². The normalized spacial score (nSPS) is 19.8. The number of fused-ring (bicyclic) bond motifs is 1. The van der Waals surface area contributed by atoms with Gasteiger partial charge >= 0.3 is 5.97 Å². The molecule has 5 heteroatoms. The van der Waals surface area contributed by atoms with Gasteiger partial charge in [-0.1, -0.05) is 6.92 Å². The average molecular weight is 287 g/mol. The molecule has 2 aromatic rings. The average Bonchev–Trinajstić information content (AvgIpc) is 2.97. The fourth-order valence-electron chi connectivity index (χ4n) is 3.03. The Labute approximate surface area is 124 Å². The number of esters is 1. The first-order valence-corrected chi connectivity index (χ1v) is 7.50. The Morgan fingerprint density at radius 3 is 3.05 bits per heavy atom. The minimum absolute atomic E-state index is 0.318. The van der Waals surface area contributed by atoms with E-state index in [0.717, 1.165) is 24.4 Å². The number of methoxy groups -OCH3 is 1. The molecular formula is C16H21N3O2. The van der Waals surface area contributed by atoms with E-state index in [2.05, 4.69) is 11.8 Å². The van der Waals surface area contributed by atoms with Crippen molar-refractivity contribution in [3.05, 3.63) is 35.8 Å². The molecule has 1 unspecified atom stereocenters. The third-order valence-corrected chi connectivity index (χ3v) is 4.26. The van der Waals surface area contributed by atoms with E-state index in [9.17, 15) is 4.79 Å². The summed E-state index contributed by atoms with van der Waals surface area (Å²) in [6, 6.07) is 3.63. The number of imidazole rings is 1. The van der Waals surface area contributed by atoms with Crippen molar-refractivity contribution in [3.63, 3.8) is 0 Å². The number of pyridine rings is 1. The van der Waals surface area contributed by atoms with E-state index < -0.39 is 0 Å². The molecule has 1 aliphatic rings. The third kappa shape index (κ3) is 2.78. The molecule has 0 saturated carbocycles. The molecule has 1 fully saturated rings.